The van der Waals surface area contributed by atoms with E-state index in [0.29, 0.717) is 12.4 Å². The fourth-order valence-corrected chi connectivity index (χ4v) is 2.42. The molecular weight excluding hydrogens is 250 g/mol. The minimum Gasteiger partial charge on any atom is -0.493 e. The number of benzene rings is 1. The zero-order chi connectivity index (χ0) is 13.0. The van der Waals surface area contributed by atoms with E-state index in [1.807, 2.05) is 23.6 Å². The van der Waals surface area contributed by atoms with Gasteiger partial charge in [0.15, 0.2) is 11.5 Å². The van der Waals surface area contributed by atoms with Crippen molar-refractivity contribution >= 4 is 11.3 Å². The Morgan fingerprint density at radius 2 is 1.89 bits per heavy atom. The largest absolute Gasteiger partial charge is 0.493 e. The van der Waals surface area contributed by atoms with Crippen LogP contribution >= 0.6 is 11.3 Å². The summed E-state index contributed by atoms with van der Waals surface area (Å²) in [5.41, 5.74) is 1.95. The summed E-state index contributed by atoms with van der Waals surface area (Å²) < 4.78 is 15.5. The molecule has 0 N–H and O–H groups in total. The molecule has 18 heavy (non-hydrogen) atoms. The minimum absolute atomic E-state index is 0.532. The van der Waals surface area contributed by atoms with Crippen molar-refractivity contribution in [2.75, 3.05) is 21.3 Å². The molecule has 2 rings (SSSR count). The van der Waals surface area contributed by atoms with Gasteiger partial charge in [-0.1, -0.05) is 0 Å². The molecule has 5 heteroatoms. The molecule has 0 atom stereocenters. The van der Waals surface area contributed by atoms with Gasteiger partial charge in [-0.05, 0) is 18.2 Å². The second kappa shape index (κ2) is 5.84. The highest BCUT2D eigenvalue weighted by Gasteiger charge is 2.09. The molecule has 4 nitrogen and oxygen atoms in total. The van der Waals surface area contributed by atoms with Crippen LogP contribution in [0.2, 0.25) is 0 Å². The Morgan fingerprint density at radius 1 is 1.11 bits per heavy atom. The molecule has 0 fully saturated rings. The van der Waals surface area contributed by atoms with Crippen molar-refractivity contribution in [2.45, 2.75) is 6.61 Å². The first-order chi connectivity index (χ1) is 8.78. The molecule has 0 aliphatic rings. The second-order valence-electron chi connectivity index (χ2n) is 3.65. The summed E-state index contributed by atoms with van der Waals surface area (Å²) in [5.74, 6) is 1.42. The second-order valence-corrected chi connectivity index (χ2v) is 4.50. The normalized spacial score (nSPS) is 10.4. The van der Waals surface area contributed by atoms with Crippen LogP contribution in [0.4, 0.5) is 0 Å². The molecule has 0 radical (unpaired) electrons. The lowest BCUT2D eigenvalue weighted by Gasteiger charge is -2.08. The first kappa shape index (κ1) is 12.9. The van der Waals surface area contributed by atoms with Gasteiger partial charge in [0.25, 0.3) is 0 Å². The van der Waals surface area contributed by atoms with E-state index in [2.05, 4.69) is 4.98 Å². The van der Waals surface area contributed by atoms with Crippen molar-refractivity contribution in [3.63, 3.8) is 0 Å². The van der Waals surface area contributed by atoms with Crippen LogP contribution in [-0.2, 0) is 11.3 Å². The van der Waals surface area contributed by atoms with Crippen LogP contribution in [0.25, 0.3) is 10.6 Å². The maximum absolute atomic E-state index is 5.28. The van der Waals surface area contributed by atoms with Crippen molar-refractivity contribution < 1.29 is 14.2 Å². The molecule has 0 saturated heterocycles. The first-order valence-electron chi connectivity index (χ1n) is 5.44. The summed E-state index contributed by atoms with van der Waals surface area (Å²) in [6.45, 7) is 0.532. The molecule has 0 spiro atoms. The van der Waals surface area contributed by atoms with Crippen LogP contribution < -0.4 is 9.47 Å². The summed E-state index contributed by atoms with van der Waals surface area (Å²) in [6, 6.07) is 5.77. The van der Waals surface area contributed by atoms with Crippen LogP contribution in [0.15, 0.2) is 23.6 Å². The van der Waals surface area contributed by atoms with Gasteiger partial charge in [0, 0.05) is 18.1 Å². The maximum atomic E-state index is 5.28. The molecule has 0 aliphatic carbocycles. The SMILES string of the molecule is COCc1csc(-c2ccc(OC)c(OC)c2)n1. The molecule has 0 unspecified atom stereocenters. The standard InChI is InChI=1S/C13H15NO3S/c1-15-7-10-8-18-13(14-10)9-4-5-11(16-2)12(6-9)17-3/h4-6,8H,7H2,1-3H3. The lowest BCUT2D eigenvalue weighted by atomic mass is 10.2. The smallest absolute Gasteiger partial charge is 0.161 e. The zero-order valence-electron chi connectivity index (χ0n) is 10.6. The van der Waals surface area contributed by atoms with E-state index in [0.717, 1.165) is 22.0 Å². The molecule has 1 aromatic carbocycles. The Hall–Kier alpha value is -1.59. The van der Waals surface area contributed by atoms with Gasteiger partial charge in [0.1, 0.15) is 5.01 Å². The average Bonchev–Trinajstić information content (AvgIpc) is 2.87. The van der Waals surface area contributed by atoms with Crippen molar-refractivity contribution in [3.05, 3.63) is 29.3 Å². The number of hydrogen-bond acceptors (Lipinski definition) is 5. The molecule has 0 amide bonds. The van der Waals surface area contributed by atoms with Crippen LogP contribution in [-0.4, -0.2) is 26.3 Å². The highest BCUT2D eigenvalue weighted by molar-refractivity contribution is 7.13. The monoisotopic (exact) mass is 265 g/mol. The fourth-order valence-electron chi connectivity index (χ4n) is 1.62. The fraction of sp³-hybridized carbons (Fsp3) is 0.308. The third-order valence-corrected chi connectivity index (χ3v) is 3.41. The van der Waals surface area contributed by atoms with Crippen molar-refractivity contribution in [3.8, 4) is 22.1 Å². The predicted molar refractivity (Wildman–Crippen MR) is 71.4 cm³/mol. The Kier molecular flexibility index (Phi) is 4.17. The average molecular weight is 265 g/mol. The van der Waals surface area contributed by atoms with Gasteiger partial charge in [0.05, 0.1) is 26.5 Å². The maximum Gasteiger partial charge on any atom is 0.161 e. The first-order valence-corrected chi connectivity index (χ1v) is 6.32. The van der Waals surface area contributed by atoms with Gasteiger partial charge in [-0.3, -0.25) is 0 Å². The molecule has 96 valence electrons. The number of rotatable bonds is 5. The zero-order valence-corrected chi connectivity index (χ0v) is 11.4. The number of ether oxygens (including phenoxy) is 3. The Bertz CT molecular complexity index is 525. The third-order valence-electron chi connectivity index (χ3n) is 2.47. The molecule has 0 saturated carbocycles. The third kappa shape index (κ3) is 2.63. The lowest BCUT2D eigenvalue weighted by molar-refractivity contribution is 0.182. The van der Waals surface area contributed by atoms with Gasteiger partial charge in [0.2, 0.25) is 0 Å². The van der Waals surface area contributed by atoms with Gasteiger partial charge in [-0.25, -0.2) is 4.98 Å². The summed E-state index contributed by atoms with van der Waals surface area (Å²) in [7, 11) is 4.91. The number of nitrogens with zero attached hydrogens (tertiary/aromatic N) is 1. The lowest BCUT2D eigenvalue weighted by Crippen LogP contribution is -1.91. The quantitative estimate of drug-likeness (QED) is 0.833. The molecule has 0 bridgehead atoms. The van der Waals surface area contributed by atoms with Crippen molar-refractivity contribution in [1.29, 1.82) is 0 Å². The van der Waals surface area contributed by atoms with Gasteiger partial charge >= 0.3 is 0 Å². The molecule has 1 aromatic heterocycles. The van der Waals surface area contributed by atoms with Crippen LogP contribution in [0.1, 0.15) is 5.69 Å². The summed E-state index contributed by atoms with van der Waals surface area (Å²) in [5, 5.41) is 2.94. The summed E-state index contributed by atoms with van der Waals surface area (Å²) >= 11 is 1.59. The Morgan fingerprint density at radius 3 is 2.56 bits per heavy atom. The molecule has 2 aromatic rings. The highest BCUT2D eigenvalue weighted by Crippen LogP contribution is 2.33. The highest BCUT2D eigenvalue weighted by atomic mass is 32.1. The predicted octanol–water partition coefficient (Wildman–Crippen LogP) is 2.97. The van der Waals surface area contributed by atoms with Gasteiger partial charge < -0.3 is 14.2 Å². The molecular formula is C13H15NO3S. The van der Waals surface area contributed by atoms with Gasteiger partial charge in [-0.15, -0.1) is 11.3 Å². The molecule has 1 heterocycles. The van der Waals surface area contributed by atoms with Gasteiger partial charge in [-0.2, -0.15) is 0 Å². The number of thiazole rings is 1. The van der Waals surface area contributed by atoms with Crippen LogP contribution in [0, 0.1) is 0 Å². The van der Waals surface area contributed by atoms with E-state index >= 15 is 0 Å². The summed E-state index contributed by atoms with van der Waals surface area (Å²) in [4.78, 5) is 4.50. The summed E-state index contributed by atoms with van der Waals surface area (Å²) in [6.07, 6.45) is 0. The number of methoxy groups -OCH3 is 3. The Labute approximate surface area is 110 Å². The van der Waals surface area contributed by atoms with E-state index < -0.39 is 0 Å². The molecule has 0 aliphatic heterocycles. The van der Waals surface area contributed by atoms with E-state index in [1.54, 1.807) is 32.7 Å². The van der Waals surface area contributed by atoms with E-state index in [-0.39, 0.29) is 0 Å². The topological polar surface area (TPSA) is 40.6 Å². The van der Waals surface area contributed by atoms with Crippen molar-refractivity contribution in [2.24, 2.45) is 0 Å². The Balaban J connectivity index is 2.31. The van der Waals surface area contributed by atoms with Crippen LogP contribution in [0.5, 0.6) is 11.5 Å². The van der Waals surface area contributed by atoms with E-state index in [1.165, 1.54) is 0 Å². The van der Waals surface area contributed by atoms with Crippen molar-refractivity contribution in [1.82, 2.24) is 4.98 Å². The number of aromatic nitrogens is 1. The number of hydrogen-bond donors (Lipinski definition) is 0. The van der Waals surface area contributed by atoms with E-state index in [9.17, 15) is 0 Å². The van der Waals surface area contributed by atoms with Crippen LogP contribution in [0.3, 0.4) is 0 Å². The van der Waals surface area contributed by atoms with E-state index in [4.69, 9.17) is 14.2 Å². The minimum atomic E-state index is 0.532.